The first-order valence-electron chi connectivity index (χ1n) is 6.77. The molecular formula is C15H20N2O2S2. The maximum atomic E-state index is 12.6. The van der Waals surface area contributed by atoms with E-state index in [1.54, 1.807) is 42.1 Å². The van der Waals surface area contributed by atoms with E-state index in [-0.39, 0.29) is 6.04 Å². The van der Waals surface area contributed by atoms with Gasteiger partial charge in [-0.05, 0) is 36.3 Å². The van der Waals surface area contributed by atoms with E-state index in [1.165, 1.54) is 0 Å². The van der Waals surface area contributed by atoms with Crippen molar-refractivity contribution < 1.29 is 8.42 Å². The van der Waals surface area contributed by atoms with Gasteiger partial charge in [0.2, 0.25) is 10.0 Å². The van der Waals surface area contributed by atoms with Gasteiger partial charge in [-0.25, -0.2) is 13.1 Å². The minimum Gasteiger partial charge on any atom is -0.399 e. The molecule has 0 fully saturated rings. The van der Waals surface area contributed by atoms with Crippen molar-refractivity contribution in [3.05, 3.63) is 36.4 Å². The average Bonchev–Trinajstić information content (AvgIpc) is 2.45. The SMILES string of the molecule is CCC(CSC)NS(=O)(=O)c1cccc2cc(N)ccc12. The second-order valence-corrected chi connectivity index (χ2v) is 7.51. The number of anilines is 1. The maximum Gasteiger partial charge on any atom is 0.241 e. The minimum atomic E-state index is -3.54. The topological polar surface area (TPSA) is 72.2 Å². The lowest BCUT2D eigenvalue weighted by Crippen LogP contribution is -2.36. The molecule has 0 bridgehead atoms. The predicted octanol–water partition coefficient (Wildman–Crippen LogP) is 2.84. The Hall–Kier alpha value is -1.24. The van der Waals surface area contributed by atoms with Crippen LogP contribution < -0.4 is 10.5 Å². The Bertz CT molecular complexity index is 730. The van der Waals surface area contributed by atoms with Crippen LogP contribution in [0.2, 0.25) is 0 Å². The van der Waals surface area contributed by atoms with E-state index in [1.807, 2.05) is 19.2 Å². The highest BCUT2D eigenvalue weighted by Gasteiger charge is 2.20. The molecule has 21 heavy (non-hydrogen) atoms. The monoisotopic (exact) mass is 324 g/mol. The molecule has 0 saturated carbocycles. The van der Waals surface area contributed by atoms with Gasteiger partial charge in [-0.15, -0.1) is 0 Å². The number of rotatable bonds is 6. The zero-order chi connectivity index (χ0) is 15.5. The molecule has 0 heterocycles. The van der Waals surface area contributed by atoms with E-state index in [4.69, 9.17) is 5.73 Å². The Labute approximate surface area is 130 Å². The first kappa shape index (κ1) is 16.1. The number of fused-ring (bicyclic) bond motifs is 1. The van der Waals surface area contributed by atoms with Crippen molar-refractivity contribution in [1.82, 2.24) is 4.72 Å². The zero-order valence-electron chi connectivity index (χ0n) is 12.2. The molecule has 0 aromatic heterocycles. The van der Waals surface area contributed by atoms with Crippen LogP contribution in [0.5, 0.6) is 0 Å². The van der Waals surface area contributed by atoms with Gasteiger partial charge in [-0.3, -0.25) is 0 Å². The van der Waals surface area contributed by atoms with Crippen LogP contribution in [-0.2, 0) is 10.0 Å². The van der Waals surface area contributed by atoms with Crippen LogP contribution in [0.25, 0.3) is 10.8 Å². The van der Waals surface area contributed by atoms with Gasteiger partial charge < -0.3 is 5.73 Å². The summed E-state index contributed by atoms with van der Waals surface area (Å²) in [5.41, 5.74) is 6.38. The molecule has 4 nitrogen and oxygen atoms in total. The van der Waals surface area contributed by atoms with E-state index in [0.29, 0.717) is 16.0 Å². The highest BCUT2D eigenvalue weighted by atomic mass is 32.2. The third-order valence-electron chi connectivity index (χ3n) is 3.34. The molecular weight excluding hydrogens is 304 g/mol. The Balaban J connectivity index is 2.45. The molecule has 1 atom stereocenters. The summed E-state index contributed by atoms with van der Waals surface area (Å²) in [5.74, 6) is 0.757. The van der Waals surface area contributed by atoms with Crippen LogP contribution in [0.1, 0.15) is 13.3 Å². The van der Waals surface area contributed by atoms with E-state index < -0.39 is 10.0 Å². The van der Waals surface area contributed by atoms with E-state index in [0.717, 1.165) is 17.6 Å². The number of nitrogens with two attached hydrogens (primary N) is 1. The Morgan fingerprint density at radius 2 is 2.05 bits per heavy atom. The molecule has 0 amide bonds. The fraction of sp³-hybridized carbons (Fsp3) is 0.333. The van der Waals surface area contributed by atoms with Gasteiger partial charge in [0.25, 0.3) is 0 Å². The van der Waals surface area contributed by atoms with Crippen LogP contribution in [0.3, 0.4) is 0 Å². The molecule has 3 N–H and O–H groups in total. The Kier molecular flexibility index (Phi) is 5.13. The molecule has 2 aromatic rings. The molecule has 6 heteroatoms. The largest absolute Gasteiger partial charge is 0.399 e. The summed E-state index contributed by atoms with van der Waals surface area (Å²) >= 11 is 1.63. The maximum absolute atomic E-state index is 12.6. The molecule has 0 spiro atoms. The predicted molar refractivity (Wildman–Crippen MR) is 91.1 cm³/mol. The molecule has 0 saturated heterocycles. The second kappa shape index (κ2) is 6.68. The third-order valence-corrected chi connectivity index (χ3v) is 5.65. The molecule has 0 aliphatic rings. The number of hydrogen-bond donors (Lipinski definition) is 2. The lowest BCUT2D eigenvalue weighted by atomic mass is 10.1. The van der Waals surface area contributed by atoms with Crippen molar-refractivity contribution in [2.24, 2.45) is 0 Å². The number of nitrogen functional groups attached to an aromatic ring is 1. The van der Waals surface area contributed by atoms with Crippen LogP contribution in [0.4, 0.5) is 5.69 Å². The number of benzene rings is 2. The number of sulfonamides is 1. The summed E-state index contributed by atoms with van der Waals surface area (Å²) in [5, 5.41) is 1.52. The van der Waals surface area contributed by atoms with Gasteiger partial charge in [0.1, 0.15) is 0 Å². The van der Waals surface area contributed by atoms with E-state index in [2.05, 4.69) is 4.72 Å². The third kappa shape index (κ3) is 3.70. The summed E-state index contributed by atoms with van der Waals surface area (Å²) in [4.78, 5) is 0.305. The van der Waals surface area contributed by atoms with Crippen molar-refractivity contribution in [3.63, 3.8) is 0 Å². The van der Waals surface area contributed by atoms with Crippen molar-refractivity contribution >= 4 is 38.2 Å². The molecule has 0 aliphatic heterocycles. The average molecular weight is 324 g/mol. The molecule has 0 aliphatic carbocycles. The highest BCUT2D eigenvalue weighted by Crippen LogP contribution is 2.25. The Morgan fingerprint density at radius 1 is 1.29 bits per heavy atom. The fourth-order valence-corrected chi connectivity index (χ4v) is 4.60. The molecule has 1 unspecified atom stereocenters. The van der Waals surface area contributed by atoms with Crippen molar-refractivity contribution in [2.75, 3.05) is 17.7 Å². The molecule has 0 radical (unpaired) electrons. The van der Waals surface area contributed by atoms with Crippen molar-refractivity contribution in [2.45, 2.75) is 24.3 Å². The fourth-order valence-electron chi connectivity index (χ4n) is 2.23. The van der Waals surface area contributed by atoms with Crippen LogP contribution in [0.15, 0.2) is 41.3 Å². The van der Waals surface area contributed by atoms with Crippen LogP contribution in [0, 0.1) is 0 Å². The normalized spacial score (nSPS) is 13.4. The van der Waals surface area contributed by atoms with E-state index >= 15 is 0 Å². The Morgan fingerprint density at radius 3 is 2.71 bits per heavy atom. The molecule has 114 valence electrons. The smallest absolute Gasteiger partial charge is 0.241 e. The minimum absolute atomic E-state index is 0.0611. The van der Waals surface area contributed by atoms with Gasteiger partial charge in [0.05, 0.1) is 4.90 Å². The summed E-state index contributed by atoms with van der Waals surface area (Å²) in [7, 11) is -3.54. The number of hydrogen-bond acceptors (Lipinski definition) is 4. The van der Waals surface area contributed by atoms with E-state index in [9.17, 15) is 8.42 Å². The van der Waals surface area contributed by atoms with Crippen LogP contribution in [-0.4, -0.2) is 26.5 Å². The number of nitrogens with one attached hydrogen (secondary N) is 1. The summed E-state index contributed by atoms with van der Waals surface area (Å²) < 4.78 is 28.0. The first-order valence-corrected chi connectivity index (χ1v) is 9.65. The van der Waals surface area contributed by atoms with Crippen molar-refractivity contribution in [3.8, 4) is 0 Å². The van der Waals surface area contributed by atoms with Gasteiger partial charge >= 0.3 is 0 Å². The summed E-state index contributed by atoms with van der Waals surface area (Å²) in [6.07, 6.45) is 2.73. The van der Waals surface area contributed by atoms with Gasteiger partial charge in [0.15, 0.2) is 0 Å². The lowest BCUT2D eigenvalue weighted by Gasteiger charge is -2.17. The molecule has 2 rings (SSSR count). The lowest BCUT2D eigenvalue weighted by molar-refractivity contribution is 0.559. The van der Waals surface area contributed by atoms with Gasteiger partial charge in [-0.2, -0.15) is 11.8 Å². The highest BCUT2D eigenvalue weighted by molar-refractivity contribution is 7.98. The summed E-state index contributed by atoms with van der Waals surface area (Å²) in [6.45, 7) is 1.98. The van der Waals surface area contributed by atoms with Crippen LogP contribution >= 0.6 is 11.8 Å². The van der Waals surface area contributed by atoms with Gasteiger partial charge in [0, 0.05) is 22.9 Å². The molecule has 2 aromatic carbocycles. The number of thioether (sulfide) groups is 1. The zero-order valence-corrected chi connectivity index (χ0v) is 13.8. The van der Waals surface area contributed by atoms with Gasteiger partial charge in [-0.1, -0.05) is 25.1 Å². The standard InChI is InChI=1S/C15H20N2O2S2/c1-3-13(10-20-2)17-21(18,19)15-6-4-5-11-9-12(16)7-8-14(11)15/h4-9,13,17H,3,10,16H2,1-2H3. The quantitative estimate of drug-likeness (QED) is 0.802. The first-order chi connectivity index (χ1) is 9.97. The summed E-state index contributed by atoms with van der Waals surface area (Å²) in [6, 6.07) is 10.4. The second-order valence-electron chi connectivity index (χ2n) is 4.92. The van der Waals surface area contributed by atoms with Crippen molar-refractivity contribution in [1.29, 1.82) is 0 Å².